The van der Waals surface area contributed by atoms with Gasteiger partial charge in [0.2, 0.25) is 0 Å². The fourth-order valence-corrected chi connectivity index (χ4v) is 3.59. The standard InChI is InChI=1S/C15H32N2S/c1-3-4-5-6-7-8-14(13-16)17-11-9-15(18-2)10-12-17/h14-15H,3-13,16H2,1-2H3. The highest BCUT2D eigenvalue weighted by Crippen LogP contribution is 2.23. The summed E-state index contributed by atoms with van der Waals surface area (Å²) < 4.78 is 0. The van der Waals surface area contributed by atoms with Crippen molar-refractivity contribution in [2.24, 2.45) is 5.73 Å². The Labute approximate surface area is 118 Å². The summed E-state index contributed by atoms with van der Waals surface area (Å²) in [5.41, 5.74) is 5.96. The number of unbranched alkanes of at least 4 members (excludes halogenated alkanes) is 4. The molecule has 0 amide bonds. The van der Waals surface area contributed by atoms with E-state index in [0.717, 1.165) is 11.8 Å². The molecule has 0 bridgehead atoms. The lowest BCUT2D eigenvalue weighted by atomic mass is 10.0. The molecule has 0 saturated carbocycles. The van der Waals surface area contributed by atoms with Crippen molar-refractivity contribution in [2.75, 3.05) is 25.9 Å². The van der Waals surface area contributed by atoms with Crippen molar-refractivity contribution in [2.45, 2.75) is 69.6 Å². The summed E-state index contributed by atoms with van der Waals surface area (Å²) in [4.78, 5) is 2.65. The summed E-state index contributed by atoms with van der Waals surface area (Å²) in [6, 6.07) is 0.648. The Morgan fingerprint density at radius 1 is 1.17 bits per heavy atom. The molecule has 0 aromatic rings. The van der Waals surface area contributed by atoms with Crippen LogP contribution in [0.4, 0.5) is 0 Å². The van der Waals surface area contributed by atoms with E-state index in [1.165, 1.54) is 64.5 Å². The number of rotatable bonds is 9. The van der Waals surface area contributed by atoms with Crippen molar-refractivity contribution in [3.05, 3.63) is 0 Å². The van der Waals surface area contributed by atoms with E-state index >= 15 is 0 Å². The molecule has 1 fully saturated rings. The maximum absolute atomic E-state index is 5.96. The van der Waals surface area contributed by atoms with Crippen LogP contribution in [0.15, 0.2) is 0 Å². The molecule has 1 aliphatic rings. The molecule has 1 rings (SSSR count). The van der Waals surface area contributed by atoms with Crippen molar-refractivity contribution < 1.29 is 0 Å². The van der Waals surface area contributed by atoms with Crippen LogP contribution in [-0.4, -0.2) is 42.1 Å². The zero-order chi connectivity index (χ0) is 13.2. The van der Waals surface area contributed by atoms with Crippen LogP contribution in [0.2, 0.25) is 0 Å². The van der Waals surface area contributed by atoms with Gasteiger partial charge in [0.15, 0.2) is 0 Å². The Balaban J connectivity index is 2.16. The van der Waals surface area contributed by atoms with Crippen LogP contribution in [-0.2, 0) is 0 Å². The first-order valence-electron chi connectivity index (χ1n) is 7.78. The molecule has 3 heteroatoms. The topological polar surface area (TPSA) is 29.3 Å². The van der Waals surface area contributed by atoms with Crippen LogP contribution < -0.4 is 5.73 Å². The number of thioether (sulfide) groups is 1. The lowest BCUT2D eigenvalue weighted by molar-refractivity contribution is 0.159. The van der Waals surface area contributed by atoms with E-state index < -0.39 is 0 Å². The van der Waals surface area contributed by atoms with Gasteiger partial charge in [0.05, 0.1) is 0 Å². The van der Waals surface area contributed by atoms with Gasteiger partial charge in [-0.05, 0) is 38.6 Å². The maximum atomic E-state index is 5.96. The van der Waals surface area contributed by atoms with Gasteiger partial charge in [-0.2, -0.15) is 11.8 Å². The van der Waals surface area contributed by atoms with Crippen molar-refractivity contribution in [1.82, 2.24) is 4.90 Å². The van der Waals surface area contributed by atoms with E-state index in [9.17, 15) is 0 Å². The average Bonchev–Trinajstić information content (AvgIpc) is 2.43. The zero-order valence-electron chi connectivity index (χ0n) is 12.4. The first-order chi connectivity index (χ1) is 8.81. The number of piperidine rings is 1. The van der Waals surface area contributed by atoms with Gasteiger partial charge in [-0.25, -0.2) is 0 Å². The minimum atomic E-state index is 0.648. The van der Waals surface area contributed by atoms with E-state index in [0.29, 0.717) is 6.04 Å². The van der Waals surface area contributed by atoms with Gasteiger partial charge in [-0.1, -0.05) is 39.0 Å². The van der Waals surface area contributed by atoms with Crippen molar-refractivity contribution >= 4 is 11.8 Å². The molecule has 18 heavy (non-hydrogen) atoms. The zero-order valence-corrected chi connectivity index (χ0v) is 13.2. The minimum absolute atomic E-state index is 0.648. The van der Waals surface area contributed by atoms with Crippen molar-refractivity contribution in [1.29, 1.82) is 0 Å². The second-order valence-corrected chi connectivity index (χ2v) is 6.70. The van der Waals surface area contributed by atoms with Gasteiger partial charge < -0.3 is 5.73 Å². The molecule has 2 N–H and O–H groups in total. The second kappa shape index (κ2) is 10.1. The molecule has 1 atom stereocenters. The molecule has 0 radical (unpaired) electrons. The molecule has 0 aliphatic carbocycles. The van der Waals surface area contributed by atoms with Crippen LogP contribution in [0.25, 0.3) is 0 Å². The monoisotopic (exact) mass is 272 g/mol. The van der Waals surface area contributed by atoms with Gasteiger partial charge >= 0.3 is 0 Å². The van der Waals surface area contributed by atoms with Crippen LogP contribution in [0, 0.1) is 0 Å². The number of hydrogen-bond donors (Lipinski definition) is 1. The van der Waals surface area contributed by atoms with Crippen molar-refractivity contribution in [3.8, 4) is 0 Å². The highest BCUT2D eigenvalue weighted by Gasteiger charge is 2.23. The molecule has 1 heterocycles. The Kier molecular flexibility index (Phi) is 9.16. The summed E-state index contributed by atoms with van der Waals surface area (Å²) in [5, 5.41) is 0.893. The Morgan fingerprint density at radius 2 is 1.83 bits per heavy atom. The predicted octanol–water partition coefficient (Wildman–Crippen LogP) is 3.50. The normalized spacial score (nSPS) is 20.2. The Hall–Kier alpha value is 0.270. The predicted molar refractivity (Wildman–Crippen MR) is 84.3 cm³/mol. The summed E-state index contributed by atoms with van der Waals surface area (Å²) >= 11 is 2.04. The molecule has 1 saturated heterocycles. The fraction of sp³-hybridized carbons (Fsp3) is 1.00. The summed E-state index contributed by atoms with van der Waals surface area (Å²) in [7, 11) is 0. The average molecular weight is 273 g/mol. The highest BCUT2D eigenvalue weighted by atomic mass is 32.2. The van der Waals surface area contributed by atoms with Gasteiger partial charge in [0, 0.05) is 17.8 Å². The van der Waals surface area contributed by atoms with E-state index in [-0.39, 0.29) is 0 Å². The van der Waals surface area contributed by atoms with Gasteiger partial charge in [0.25, 0.3) is 0 Å². The molecule has 0 spiro atoms. The quantitative estimate of drug-likeness (QED) is 0.651. The second-order valence-electron chi connectivity index (χ2n) is 5.56. The fourth-order valence-electron chi connectivity index (χ4n) is 2.91. The SMILES string of the molecule is CCCCCCCC(CN)N1CCC(SC)CC1. The Morgan fingerprint density at radius 3 is 2.39 bits per heavy atom. The van der Waals surface area contributed by atoms with Crippen molar-refractivity contribution in [3.63, 3.8) is 0 Å². The molecule has 1 aliphatic heterocycles. The summed E-state index contributed by atoms with van der Waals surface area (Å²) in [6.07, 6.45) is 13.2. The molecule has 0 aromatic heterocycles. The Bertz CT molecular complexity index is 191. The summed E-state index contributed by atoms with van der Waals surface area (Å²) in [6.45, 7) is 5.65. The van der Waals surface area contributed by atoms with Crippen LogP contribution in [0.1, 0.15) is 58.3 Å². The van der Waals surface area contributed by atoms with E-state index in [2.05, 4.69) is 18.1 Å². The first-order valence-corrected chi connectivity index (χ1v) is 9.07. The minimum Gasteiger partial charge on any atom is -0.329 e. The van der Waals surface area contributed by atoms with Gasteiger partial charge in [-0.15, -0.1) is 0 Å². The largest absolute Gasteiger partial charge is 0.329 e. The molecule has 2 nitrogen and oxygen atoms in total. The molecular weight excluding hydrogens is 240 g/mol. The number of nitrogens with two attached hydrogens (primary N) is 1. The molecule has 108 valence electrons. The third-order valence-corrected chi connectivity index (χ3v) is 5.38. The third kappa shape index (κ3) is 5.94. The summed E-state index contributed by atoms with van der Waals surface area (Å²) in [5.74, 6) is 0. The van der Waals surface area contributed by atoms with Crippen LogP contribution in [0.3, 0.4) is 0 Å². The number of hydrogen-bond acceptors (Lipinski definition) is 3. The molecule has 1 unspecified atom stereocenters. The molecule has 0 aromatic carbocycles. The van der Waals surface area contributed by atoms with Gasteiger partial charge in [0.1, 0.15) is 0 Å². The smallest absolute Gasteiger partial charge is 0.0218 e. The van der Waals surface area contributed by atoms with E-state index in [1.54, 1.807) is 0 Å². The third-order valence-electron chi connectivity index (χ3n) is 4.24. The van der Waals surface area contributed by atoms with E-state index in [4.69, 9.17) is 5.73 Å². The lowest BCUT2D eigenvalue weighted by Gasteiger charge is -2.36. The lowest BCUT2D eigenvalue weighted by Crippen LogP contribution is -2.45. The maximum Gasteiger partial charge on any atom is 0.0218 e. The first kappa shape index (κ1) is 16.3. The number of nitrogens with zero attached hydrogens (tertiary/aromatic N) is 1. The highest BCUT2D eigenvalue weighted by molar-refractivity contribution is 7.99. The van der Waals surface area contributed by atoms with Crippen LogP contribution >= 0.6 is 11.8 Å². The number of likely N-dealkylation sites (tertiary alicyclic amines) is 1. The molecular formula is C15H32N2S. The van der Waals surface area contributed by atoms with Gasteiger partial charge in [-0.3, -0.25) is 4.90 Å². The van der Waals surface area contributed by atoms with Crippen LogP contribution in [0.5, 0.6) is 0 Å². The van der Waals surface area contributed by atoms with E-state index in [1.807, 2.05) is 11.8 Å².